The van der Waals surface area contributed by atoms with E-state index in [2.05, 4.69) is 58.7 Å². The number of imidazole rings is 1. The summed E-state index contributed by atoms with van der Waals surface area (Å²) in [6.45, 7) is 10.1. The summed E-state index contributed by atoms with van der Waals surface area (Å²) in [6, 6.07) is 37.8. The summed E-state index contributed by atoms with van der Waals surface area (Å²) < 4.78 is 50.6. The Labute approximate surface area is 381 Å². The number of hydrogen-bond donors (Lipinski definition) is 1. The van der Waals surface area contributed by atoms with Crippen LogP contribution >= 0.6 is 8.53 Å². The lowest BCUT2D eigenvalue weighted by molar-refractivity contribution is -0.114. The maximum Gasteiger partial charge on any atom is 0.259 e. The minimum Gasteiger partial charge on any atom is -0.497 e. The van der Waals surface area contributed by atoms with E-state index in [1.165, 1.54) is 13.3 Å². The van der Waals surface area contributed by atoms with Gasteiger partial charge in [0.25, 0.3) is 8.53 Å². The van der Waals surface area contributed by atoms with E-state index in [1.807, 2.05) is 109 Å². The van der Waals surface area contributed by atoms with Gasteiger partial charge in [-0.15, -0.1) is 0 Å². The highest BCUT2D eigenvalue weighted by atomic mass is 31.2. The van der Waals surface area contributed by atoms with Crippen molar-refractivity contribution < 1.29 is 37.5 Å². The lowest BCUT2D eigenvalue weighted by atomic mass is 9.80. The first kappa shape index (κ1) is 47.2. The van der Waals surface area contributed by atoms with Gasteiger partial charge in [0.05, 0.1) is 52.9 Å². The molecule has 1 amide bonds. The Morgan fingerprint density at radius 2 is 1.45 bits per heavy atom. The summed E-state index contributed by atoms with van der Waals surface area (Å²) >= 11 is 0. The maximum absolute atomic E-state index is 12.2. The monoisotopic (exact) mass is 901 g/mol. The van der Waals surface area contributed by atoms with Gasteiger partial charge in [-0.05, 0) is 74.2 Å². The molecule has 0 saturated carbocycles. The first-order chi connectivity index (χ1) is 31.6. The fourth-order valence-corrected chi connectivity index (χ4v) is 9.88. The number of nitrogens with zero attached hydrogens (tertiary/aromatic N) is 6. The number of carbonyl (C=O) groups excluding carboxylic acids is 1. The van der Waals surface area contributed by atoms with Crippen molar-refractivity contribution in [3.63, 3.8) is 0 Å². The molecule has 16 heteroatoms. The molecule has 0 radical (unpaired) electrons. The minimum absolute atomic E-state index is 0.0111. The summed E-state index contributed by atoms with van der Waals surface area (Å²) in [7, 11) is 1.46. The number of fused-ring (bicyclic) bond motifs is 1. The molecule has 2 aromatic heterocycles. The smallest absolute Gasteiger partial charge is 0.259 e. The zero-order valence-corrected chi connectivity index (χ0v) is 38.6. The summed E-state index contributed by atoms with van der Waals surface area (Å²) in [6.07, 6.45) is -0.155. The van der Waals surface area contributed by atoms with E-state index in [0.717, 1.165) is 22.3 Å². The quantitative estimate of drug-likeness (QED) is 0.0414. The molecule has 4 aromatic carbocycles. The highest BCUT2D eigenvalue weighted by molar-refractivity contribution is 7.44. The fourth-order valence-electron chi connectivity index (χ4n) is 8.11. The van der Waals surface area contributed by atoms with Crippen molar-refractivity contribution in [2.75, 3.05) is 32.8 Å². The number of methoxy groups -OCH3 is 2. The Balaban J connectivity index is 1.39. The standard InChI is InChI=1S/C49H56N7O8P/c1-33(2)56(34(3)4)65(62-28-14-27-50)64-44-42(30-61-49(37-17-12-9-13-18-37,38-19-23-40(58-6)24-20-38)39-21-25-41(59-7)26-22-39)63-48(45(44)60-29-36-15-10-8-11-16-36)55-32-53-43-46(54-35(5)57)51-31-52-47(43)55/h8-13,15-26,31-34,42,44-45,48H,14,28-30H2,1-7H3,(H,51,52,54,57)/t42?,44-,45-,48-,65?/m1/s1. The predicted molar refractivity (Wildman–Crippen MR) is 247 cm³/mol. The van der Waals surface area contributed by atoms with Crippen molar-refractivity contribution in [1.29, 1.82) is 5.26 Å². The molecule has 65 heavy (non-hydrogen) atoms. The van der Waals surface area contributed by atoms with Gasteiger partial charge in [0, 0.05) is 19.0 Å². The average molecular weight is 902 g/mol. The van der Waals surface area contributed by atoms with E-state index in [0.29, 0.717) is 22.7 Å². The topological polar surface area (TPSA) is 164 Å². The fraction of sp³-hybridized carbons (Fsp3) is 0.367. The van der Waals surface area contributed by atoms with Crippen LogP contribution in [0.4, 0.5) is 5.82 Å². The van der Waals surface area contributed by atoms with Crippen molar-refractivity contribution in [3.8, 4) is 17.6 Å². The van der Waals surface area contributed by atoms with Crippen LogP contribution in [0.25, 0.3) is 11.2 Å². The molecule has 1 N–H and O–H groups in total. The molecule has 1 fully saturated rings. The number of amides is 1. The van der Waals surface area contributed by atoms with Gasteiger partial charge in [0.2, 0.25) is 5.91 Å². The molecule has 1 saturated heterocycles. The van der Waals surface area contributed by atoms with E-state index in [4.69, 9.17) is 32.7 Å². The largest absolute Gasteiger partial charge is 0.497 e. The van der Waals surface area contributed by atoms with Crippen LogP contribution in [0.5, 0.6) is 11.5 Å². The van der Waals surface area contributed by atoms with Gasteiger partial charge in [-0.2, -0.15) is 5.26 Å². The first-order valence-corrected chi connectivity index (χ1v) is 22.7. The third kappa shape index (κ3) is 10.7. The van der Waals surface area contributed by atoms with Crippen LogP contribution in [0.15, 0.2) is 122 Å². The first-order valence-electron chi connectivity index (χ1n) is 21.6. The SMILES string of the molecule is COc1ccc(C(OCC2O[C@@H](n3cnc4c(NC(C)=O)ncnc43)[C@H](OCc3ccccc3)[C@@H]2OP(OCCC#N)N(C(C)C)C(C)C)(c2ccccc2)c2ccc(OC)cc2)cc1. The van der Waals surface area contributed by atoms with E-state index >= 15 is 0 Å². The van der Waals surface area contributed by atoms with Crippen LogP contribution in [0.2, 0.25) is 0 Å². The number of carbonyl (C=O) groups is 1. The second kappa shape index (κ2) is 21.9. The van der Waals surface area contributed by atoms with Crippen molar-refractivity contribution in [2.45, 2.75) is 89.9 Å². The van der Waals surface area contributed by atoms with Crippen molar-refractivity contribution in [2.24, 2.45) is 0 Å². The molecule has 1 aliphatic rings. The van der Waals surface area contributed by atoms with E-state index in [9.17, 15) is 10.1 Å². The molecule has 7 rings (SSSR count). The number of nitrogens with one attached hydrogen (secondary N) is 1. The Morgan fingerprint density at radius 1 is 0.846 bits per heavy atom. The van der Waals surface area contributed by atoms with E-state index < -0.39 is 38.7 Å². The third-order valence-electron chi connectivity index (χ3n) is 11.0. The Hall–Kier alpha value is -5.82. The van der Waals surface area contributed by atoms with Crippen LogP contribution < -0.4 is 14.8 Å². The van der Waals surface area contributed by atoms with Crippen LogP contribution in [-0.4, -0.2) is 87.9 Å². The van der Waals surface area contributed by atoms with Crippen LogP contribution in [-0.2, 0) is 40.3 Å². The molecule has 0 bridgehead atoms. The molecule has 2 unspecified atom stereocenters. The Bertz CT molecular complexity index is 2430. The van der Waals surface area contributed by atoms with Gasteiger partial charge in [-0.3, -0.25) is 9.36 Å². The molecule has 6 aromatic rings. The van der Waals surface area contributed by atoms with Crippen molar-refractivity contribution >= 4 is 31.4 Å². The second-order valence-corrected chi connectivity index (χ2v) is 17.4. The zero-order valence-electron chi connectivity index (χ0n) is 37.7. The third-order valence-corrected chi connectivity index (χ3v) is 13.1. The zero-order chi connectivity index (χ0) is 45.9. The average Bonchev–Trinajstić information content (AvgIpc) is 3.90. The molecule has 0 spiro atoms. The summed E-state index contributed by atoms with van der Waals surface area (Å²) in [5.41, 5.74) is 3.09. The van der Waals surface area contributed by atoms with Crippen molar-refractivity contribution in [1.82, 2.24) is 24.2 Å². The lowest BCUT2D eigenvalue weighted by Crippen LogP contribution is -2.43. The normalized spacial score (nSPS) is 18.0. The molecule has 340 valence electrons. The highest BCUT2D eigenvalue weighted by Crippen LogP contribution is 2.52. The number of anilines is 1. The molecular weight excluding hydrogens is 846 g/mol. The van der Waals surface area contributed by atoms with Gasteiger partial charge in [-0.25, -0.2) is 19.6 Å². The number of nitriles is 1. The molecule has 3 heterocycles. The summed E-state index contributed by atoms with van der Waals surface area (Å²) in [5.74, 6) is 1.36. The molecule has 1 aliphatic heterocycles. The maximum atomic E-state index is 12.2. The molecule has 15 nitrogen and oxygen atoms in total. The van der Waals surface area contributed by atoms with Gasteiger partial charge < -0.3 is 38.0 Å². The van der Waals surface area contributed by atoms with Crippen LogP contribution in [0.1, 0.15) is 69.5 Å². The summed E-state index contributed by atoms with van der Waals surface area (Å²) in [4.78, 5) is 25.8. The molecule has 5 atom stereocenters. The molecular formula is C49H56N7O8P. The number of benzene rings is 4. The number of rotatable bonds is 21. The second-order valence-electron chi connectivity index (χ2n) is 16.0. The predicted octanol–water partition coefficient (Wildman–Crippen LogP) is 8.95. The van der Waals surface area contributed by atoms with Crippen LogP contribution in [0, 0.1) is 11.3 Å². The lowest BCUT2D eigenvalue weighted by Gasteiger charge is -2.39. The number of hydrogen-bond acceptors (Lipinski definition) is 13. The summed E-state index contributed by atoms with van der Waals surface area (Å²) in [5, 5.41) is 12.3. The van der Waals surface area contributed by atoms with Gasteiger partial charge in [0.15, 0.2) is 23.2 Å². The van der Waals surface area contributed by atoms with Gasteiger partial charge in [-0.1, -0.05) is 84.9 Å². The van der Waals surface area contributed by atoms with Crippen molar-refractivity contribution in [3.05, 3.63) is 144 Å². The molecule has 0 aliphatic carbocycles. The number of ether oxygens (including phenoxy) is 5. The van der Waals surface area contributed by atoms with Gasteiger partial charge >= 0.3 is 0 Å². The Morgan fingerprint density at radius 3 is 2.02 bits per heavy atom. The van der Waals surface area contributed by atoms with E-state index in [1.54, 1.807) is 25.1 Å². The van der Waals surface area contributed by atoms with Crippen LogP contribution in [0.3, 0.4) is 0 Å². The number of aromatic nitrogens is 4. The van der Waals surface area contributed by atoms with E-state index in [-0.39, 0.29) is 50.1 Å². The minimum atomic E-state index is -1.81. The Kier molecular flexibility index (Phi) is 15.9. The van der Waals surface area contributed by atoms with Gasteiger partial charge in [0.1, 0.15) is 41.7 Å². The highest BCUT2D eigenvalue weighted by Gasteiger charge is 2.52.